The molecule has 0 atom stereocenters. The molecule has 1 aromatic heterocycles. The van der Waals surface area contributed by atoms with E-state index in [1.54, 1.807) is 24.3 Å². The van der Waals surface area contributed by atoms with Crippen molar-refractivity contribution in [2.24, 2.45) is 0 Å². The highest BCUT2D eigenvalue weighted by molar-refractivity contribution is 5.97. The quantitative estimate of drug-likeness (QED) is 0.324. The van der Waals surface area contributed by atoms with E-state index in [0.29, 0.717) is 24.5 Å². The zero-order valence-corrected chi connectivity index (χ0v) is 25.0. The molecule has 0 spiro atoms. The highest BCUT2D eigenvalue weighted by Crippen LogP contribution is 2.48. The lowest BCUT2D eigenvalue weighted by molar-refractivity contribution is 0.0600. The van der Waals surface area contributed by atoms with Crippen molar-refractivity contribution in [3.63, 3.8) is 0 Å². The molecule has 3 aromatic rings. The van der Waals surface area contributed by atoms with Crippen LogP contribution in [0.3, 0.4) is 0 Å². The number of carbonyl (C=O) groups excluding carboxylic acids is 1. The molecule has 8 heteroatoms. The molecule has 0 bridgehead atoms. The Morgan fingerprint density at radius 3 is 1.75 bits per heavy atom. The number of benzene rings is 2. The van der Waals surface area contributed by atoms with E-state index in [-0.39, 0.29) is 5.91 Å². The lowest BCUT2D eigenvalue weighted by atomic mass is 9.76. The third-order valence-electron chi connectivity index (χ3n) is 7.63. The fourth-order valence-electron chi connectivity index (χ4n) is 5.70. The second-order valence-electron chi connectivity index (χ2n) is 9.70. The second-order valence-corrected chi connectivity index (χ2v) is 9.70. The van der Waals surface area contributed by atoms with Crippen LogP contribution in [0.4, 0.5) is 11.4 Å². The van der Waals surface area contributed by atoms with Gasteiger partial charge in [-0.15, -0.1) is 0 Å². The fourth-order valence-corrected chi connectivity index (χ4v) is 5.70. The van der Waals surface area contributed by atoms with Gasteiger partial charge in [0.25, 0.3) is 5.91 Å². The molecule has 214 valence electrons. The Bertz CT molecular complexity index is 1250. The predicted octanol–water partition coefficient (Wildman–Crippen LogP) is 5.45. The minimum atomic E-state index is -1.06. The van der Waals surface area contributed by atoms with Gasteiger partial charge < -0.3 is 19.3 Å². The minimum Gasteiger partial charge on any atom is -0.493 e. The molecule has 1 aliphatic heterocycles. The molecular weight excluding hydrogens is 502 g/mol. The number of aromatic nitrogens is 1. The van der Waals surface area contributed by atoms with Crippen LogP contribution in [-0.2, 0) is 5.54 Å². The fraction of sp³-hybridized carbons (Fsp3) is 0.438. The third kappa shape index (κ3) is 5.08. The monoisotopic (exact) mass is 545 g/mol. The molecular formula is C32H43N5O3. The summed E-state index contributed by atoms with van der Waals surface area (Å²) in [4.78, 5) is 22.8. The van der Waals surface area contributed by atoms with E-state index in [2.05, 4.69) is 79.3 Å². The number of hydrogen-bond donors (Lipinski definition) is 1. The van der Waals surface area contributed by atoms with Crippen molar-refractivity contribution in [3.8, 4) is 11.5 Å². The number of nitrogens with zero attached hydrogens (tertiary/aromatic N) is 4. The minimum absolute atomic E-state index is 0.144. The molecule has 2 aromatic carbocycles. The van der Waals surface area contributed by atoms with Crippen molar-refractivity contribution >= 4 is 17.3 Å². The van der Waals surface area contributed by atoms with Gasteiger partial charge in [-0.2, -0.15) is 0 Å². The highest BCUT2D eigenvalue weighted by Gasteiger charge is 2.49. The maximum absolute atomic E-state index is 13.4. The molecule has 0 saturated carbocycles. The summed E-state index contributed by atoms with van der Waals surface area (Å²) in [6, 6.07) is 16.3. The van der Waals surface area contributed by atoms with Crippen LogP contribution in [0.15, 0.2) is 54.7 Å². The van der Waals surface area contributed by atoms with Crippen LogP contribution in [0, 0.1) is 0 Å². The van der Waals surface area contributed by atoms with Gasteiger partial charge in [0, 0.05) is 74.1 Å². The summed E-state index contributed by atoms with van der Waals surface area (Å²) in [5, 5.41) is 1.55. The van der Waals surface area contributed by atoms with Gasteiger partial charge in [0.05, 0.1) is 24.5 Å². The molecule has 0 aliphatic carbocycles. The van der Waals surface area contributed by atoms with Crippen LogP contribution in [0.2, 0.25) is 0 Å². The van der Waals surface area contributed by atoms with Crippen LogP contribution in [0.1, 0.15) is 68.7 Å². The van der Waals surface area contributed by atoms with Gasteiger partial charge in [0.1, 0.15) is 17.0 Å². The largest absolute Gasteiger partial charge is 0.493 e. The van der Waals surface area contributed by atoms with Gasteiger partial charge in [-0.25, -0.2) is 5.43 Å². The van der Waals surface area contributed by atoms with Crippen LogP contribution in [0.25, 0.3) is 0 Å². The van der Waals surface area contributed by atoms with Crippen LogP contribution in [0.5, 0.6) is 11.5 Å². The molecule has 40 heavy (non-hydrogen) atoms. The molecule has 4 rings (SSSR count). The number of pyridine rings is 1. The summed E-state index contributed by atoms with van der Waals surface area (Å²) >= 11 is 0. The second kappa shape index (κ2) is 12.6. The lowest BCUT2D eigenvalue weighted by Gasteiger charge is -2.44. The smallest absolute Gasteiger partial charge is 0.269 e. The van der Waals surface area contributed by atoms with Gasteiger partial charge in [0.15, 0.2) is 0 Å². The van der Waals surface area contributed by atoms with Crippen molar-refractivity contribution in [2.45, 2.75) is 47.1 Å². The number of fused-ring (bicyclic) bond motifs is 1. The van der Waals surface area contributed by atoms with Gasteiger partial charge >= 0.3 is 0 Å². The van der Waals surface area contributed by atoms with Crippen molar-refractivity contribution in [3.05, 3.63) is 77.1 Å². The van der Waals surface area contributed by atoms with Gasteiger partial charge in [0.2, 0.25) is 0 Å². The molecule has 8 nitrogen and oxygen atoms in total. The summed E-state index contributed by atoms with van der Waals surface area (Å²) in [7, 11) is 1.75. The van der Waals surface area contributed by atoms with Crippen LogP contribution < -0.4 is 24.7 Å². The van der Waals surface area contributed by atoms with Gasteiger partial charge in [-0.1, -0.05) is 12.1 Å². The average molecular weight is 546 g/mol. The van der Waals surface area contributed by atoms with Crippen LogP contribution in [-0.4, -0.2) is 62.3 Å². The molecule has 0 radical (unpaired) electrons. The standard InChI is InChI=1S/C32H43N5O3/c1-8-36(9-2)23-16-18-26(28(21-23)39-12-5)32(30-25(15-14-20-33-30)31(38)35(7)34-32)27-19-17-24(37(10-3)11-4)22-29(27)40-13-6/h14-22,34H,8-13H2,1-7H3. The van der Waals surface area contributed by atoms with Crippen molar-refractivity contribution < 1.29 is 14.3 Å². The van der Waals surface area contributed by atoms with E-state index in [1.165, 1.54) is 0 Å². The molecule has 1 aliphatic rings. The maximum atomic E-state index is 13.4. The van der Waals surface area contributed by atoms with E-state index in [0.717, 1.165) is 60.2 Å². The Morgan fingerprint density at radius 1 is 0.800 bits per heavy atom. The van der Waals surface area contributed by atoms with E-state index in [1.807, 2.05) is 19.9 Å². The first-order valence-corrected chi connectivity index (χ1v) is 14.5. The summed E-state index contributed by atoms with van der Waals surface area (Å²) in [6.07, 6.45) is 1.74. The Labute approximate surface area is 238 Å². The Balaban J connectivity index is 2.10. The van der Waals surface area contributed by atoms with Gasteiger partial charge in [-0.3, -0.25) is 14.8 Å². The van der Waals surface area contributed by atoms with E-state index >= 15 is 0 Å². The van der Waals surface area contributed by atoms with E-state index < -0.39 is 5.54 Å². The first-order valence-electron chi connectivity index (χ1n) is 14.5. The van der Waals surface area contributed by atoms with Crippen molar-refractivity contribution in [1.82, 2.24) is 15.4 Å². The molecule has 0 saturated heterocycles. The lowest BCUT2D eigenvalue weighted by Crippen LogP contribution is -2.59. The molecule has 0 fully saturated rings. The first kappa shape index (κ1) is 29.2. The Hall–Kier alpha value is -3.78. The SMILES string of the molecule is CCOc1cc(N(CC)CC)ccc1C1(c2ccc(N(CC)CC)cc2OCC)NN(C)C(=O)c2cccnc21. The third-order valence-corrected chi connectivity index (χ3v) is 7.63. The summed E-state index contributed by atoms with van der Waals surface area (Å²) in [5.74, 6) is 1.32. The van der Waals surface area contributed by atoms with E-state index in [4.69, 9.17) is 14.5 Å². The summed E-state index contributed by atoms with van der Waals surface area (Å²) < 4.78 is 12.7. The summed E-state index contributed by atoms with van der Waals surface area (Å²) in [5.41, 5.74) is 7.53. The number of rotatable bonds is 12. The van der Waals surface area contributed by atoms with Crippen molar-refractivity contribution in [2.75, 3.05) is 56.2 Å². The van der Waals surface area contributed by atoms with Crippen molar-refractivity contribution in [1.29, 1.82) is 0 Å². The number of carbonyl (C=O) groups is 1. The number of amides is 1. The zero-order chi connectivity index (χ0) is 28.9. The number of hydrogen-bond acceptors (Lipinski definition) is 7. The zero-order valence-electron chi connectivity index (χ0n) is 25.0. The number of hydrazine groups is 1. The number of nitrogens with one attached hydrogen (secondary N) is 1. The van der Waals surface area contributed by atoms with Crippen LogP contribution >= 0.6 is 0 Å². The normalized spacial score (nSPS) is 14.1. The Morgan fingerprint density at radius 2 is 1.30 bits per heavy atom. The molecule has 0 unspecified atom stereocenters. The number of ether oxygens (including phenoxy) is 2. The average Bonchev–Trinajstić information content (AvgIpc) is 2.97. The number of anilines is 2. The summed E-state index contributed by atoms with van der Waals surface area (Å²) in [6.45, 7) is 17.1. The molecule has 1 amide bonds. The highest BCUT2D eigenvalue weighted by atomic mass is 16.5. The predicted molar refractivity (Wildman–Crippen MR) is 162 cm³/mol. The molecule has 1 N–H and O–H groups in total. The van der Waals surface area contributed by atoms with Gasteiger partial charge in [-0.05, 0) is 65.8 Å². The topological polar surface area (TPSA) is 70.2 Å². The Kier molecular flexibility index (Phi) is 9.20. The molecule has 2 heterocycles. The first-order chi connectivity index (χ1) is 19.4. The van der Waals surface area contributed by atoms with E-state index in [9.17, 15) is 4.79 Å². The maximum Gasteiger partial charge on any atom is 0.269 e.